The summed E-state index contributed by atoms with van der Waals surface area (Å²) in [5.41, 5.74) is 4.29. The van der Waals surface area contributed by atoms with E-state index in [1.54, 1.807) is 82.5 Å². The maximum absolute atomic E-state index is 14.4. The zero-order chi connectivity index (χ0) is 61.0. The number of hydrogen-bond acceptors (Lipinski definition) is 17. The van der Waals surface area contributed by atoms with Crippen LogP contribution in [-0.2, 0) is 18.9 Å². The van der Waals surface area contributed by atoms with Gasteiger partial charge in [0.05, 0.1) is 68.3 Å². The Kier molecular flexibility index (Phi) is 16.4. The lowest BCUT2D eigenvalue weighted by molar-refractivity contribution is -0.0421. The molecular formula is C66H54FN3O17. The number of H-pyrrole nitrogens is 3. The molecule has 0 aliphatic carbocycles. The molecule has 0 amide bonds. The van der Waals surface area contributed by atoms with E-state index < -0.39 is 46.5 Å². The molecule has 0 spiro atoms. The van der Waals surface area contributed by atoms with Crippen LogP contribution in [-0.4, -0.2) is 80.3 Å². The first kappa shape index (κ1) is 57.9. The highest BCUT2D eigenvalue weighted by Crippen LogP contribution is 2.44. The first-order valence-electron chi connectivity index (χ1n) is 27.5. The van der Waals surface area contributed by atoms with Crippen LogP contribution in [0.25, 0.3) is 88.5 Å². The summed E-state index contributed by atoms with van der Waals surface area (Å²) in [5, 5.41) is 2.17. The van der Waals surface area contributed by atoms with Crippen molar-refractivity contribution in [3.63, 3.8) is 0 Å². The number of halogens is 1. The minimum atomic E-state index is -0.808. The van der Waals surface area contributed by atoms with E-state index >= 15 is 0 Å². The molecule has 0 saturated heterocycles. The third-order valence-corrected chi connectivity index (χ3v) is 14.2. The van der Waals surface area contributed by atoms with Crippen LogP contribution in [0.1, 0.15) is 76.0 Å². The van der Waals surface area contributed by atoms with Crippen molar-refractivity contribution in [2.75, 3.05) is 47.4 Å². The summed E-state index contributed by atoms with van der Waals surface area (Å²) < 4.78 is 75.4. The van der Waals surface area contributed by atoms with Crippen molar-refractivity contribution in [3.8, 4) is 45.3 Å². The number of benzene rings is 6. The van der Waals surface area contributed by atoms with Crippen LogP contribution >= 0.6 is 0 Å². The van der Waals surface area contributed by atoms with E-state index in [2.05, 4.69) is 15.0 Å². The molecule has 6 aromatic carbocycles. The van der Waals surface area contributed by atoms with E-state index in [4.69, 9.17) is 51.1 Å². The van der Waals surface area contributed by atoms with E-state index in [-0.39, 0.29) is 60.2 Å². The number of carbonyl (C=O) groups is 3. The molecule has 442 valence electrons. The fraction of sp³-hybridized carbons (Fsp3) is 0.182. The Labute approximate surface area is 491 Å². The minimum Gasteiger partial charge on any atom is -0.497 e. The maximum atomic E-state index is 14.4. The summed E-state index contributed by atoms with van der Waals surface area (Å²) in [6, 6.07) is 38.6. The van der Waals surface area contributed by atoms with Gasteiger partial charge in [-0.1, -0.05) is 60.7 Å². The highest BCUT2D eigenvalue weighted by atomic mass is 19.1. The smallest absolute Gasteiger partial charge is 0.344 e. The number of hydrogen-bond donors (Lipinski definition) is 3. The fourth-order valence-electron chi connectivity index (χ4n) is 10.5. The van der Waals surface area contributed by atoms with Crippen LogP contribution in [0.2, 0.25) is 0 Å². The minimum absolute atomic E-state index is 0.0154. The average Bonchev–Trinajstić information content (AvgIpc) is 1.79. The Hall–Kier alpha value is -10.9. The molecule has 87 heavy (non-hydrogen) atoms. The quantitative estimate of drug-likeness (QED) is 0.0715. The van der Waals surface area contributed by atoms with Gasteiger partial charge in [0.15, 0.2) is 35.1 Å². The molecule has 3 N–H and O–H groups in total. The zero-order valence-corrected chi connectivity index (χ0v) is 47.6. The molecule has 1 atom stereocenters. The Balaban J connectivity index is 0.000000135. The van der Waals surface area contributed by atoms with Crippen molar-refractivity contribution in [1.82, 2.24) is 15.0 Å². The number of pyridine rings is 3. The fourth-order valence-corrected chi connectivity index (χ4v) is 10.5. The van der Waals surface area contributed by atoms with E-state index in [0.717, 1.165) is 10.8 Å². The molecule has 21 heteroatoms. The van der Waals surface area contributed by atoms with Gasteiger partial charge in [-0.25, -0.2) is 18.8 Å². The van der Waals surface area contributed by atoms with Gasteiger partial charge in [-0.3, -0.25) is 14.4 Å². The molecule has 1 unspecified atom stereocenters. The number of aromatic amines is 3. The third kappa shape index (κ3) is 10.8. The van der Waals surface area contributed by atoms with E-state index in [9.17, 15) is 33.2 Å². The number of para-hydroxylation sites is 4. The second-order valence-corrected chi connectivity index (χ2v) is 19.2. The summed E-state index contributed by atoms with van der Waals surface area (Å²) >= 11 is 0. The van der Waals surface area contributed by atoms with E-state index in [0.29, 0.717) is 102 Å². The molecule has 0 saturated carbocycles. The molecule has 0 bridgehead atoms. The number of aromatic nitrogens is 3. The monoisotopic (exact) mass is 1180 g/mol. The maximum Gasteiger partial charge on any atom is 0.344 e. The lowest BCUT2D eigenvalue weighted by Gasteiger charge is -2.27. The summed E-state index contributed by atoms with van der Waals surface area (Å²) in [7, 11) is 2.90. The second-order valence-electron chi connectivity index (χ2n) is 19.2. The van der Waals surface area contributed by atoms with Gasteiger partial charge in [-0.15, -0.1) is 0 Å². The van der Waals surface area contributed by atoms with Gasteiger partial charge < -0.3 is 66.1 Å². The van der Waals surface area contributed by atoms with Crippen molar-refractivity contribution in [3.05, 3.63) is 198 Å². The van der Waals surface area contributed by atoms with Crippen LogP contribution < -0.4 is 35.6 Å². The van der Waals surface area contributed by atoms with E-state index in [1.807, 2.05) is 73.7 Å². The Morgan fingerprint density at radius 2 is 1.01 bits per heavy atom. The SMILES string of the molecule is CCOC(=O)c1c(-c2cc(OC)ccc2OCC)c2oc3ccccc3c2[nH]c1=O.CCOC(=O)c1c(-c2ccc(OC)c(F)c2)c2oc3ccccc3c2[nH]c1=O.CCOC(=O)c1c(C2OCOc3ccccc32)c2oc3ccccc3c2[nH]c1=O. The molecule has 13 rings (SSSR count). The van der Waals surface area contributed by atoms with Crippen LogP contribution in [0.5, 0.6) is 23.0 Å². The standard InChI is InChI=1S/C23H21NO6.C22H17NO6.C21H16FNO5/c1-4-28-16-11-10-13(27-3)12-15(16)18-19(23(26)29-5-2)22(25)24-20-14-8-6-7-9-17(14)30-21(18)20;1-2-26-22(25)17-16(19-13-8-4-5-9-14(13)27-11-28-19)20-18(23-21(17)24)12-7-3-6-10-15(12)29-20;1-3-27-21(25)17-16(11-8-9-15(26-2)13(22)10-11)19-18(23-20(17)24)12-6-4-5-7-14(12)28-19/h6-12H,4-5H2,1-3H3,(H,24,25);3-10,19H,2,11H2,1H3,(H,23,24);4-10H,3H2,1-2H3,(H,23,24). The summed E-state index contributed by atoms with van der Waals surface area (Å²) in [5.74, 6) is -1.17. The second kappa shape index (κ2) is 24.7. The normalized spacial score (nSPS) is 12.7. The van der Waals surface area contributed by atoms with Gasteiger partial charge in [0.1, 0.15) is 56.8 Å². The van der Waals surface area contributed by atoms with Crippen molar-refractivity contribution in [1.29, 1.82) is 0 Å². The van der Waals surface area contributed by atoms with Crippen molar-refractivity contribution >= 4 is 84.1 Å². The Morgan fingerprint density at radius 3 is 1.55 bits per heavy atom. The number of nitrogens with one attached hydrogen (secondary N) is 3. The lowest BCUT2D eigenvalue weighted by Crippen LogP contribution is -2.27. The van der Waals surface area contributed by atoms with E-state index in [1.165, 1.54) is 19.2 Å². The topological polar surface area (TPSA) is 263 Å². The highest BCUT2D eigenvalue weighted by molar-refractivity contribution is 6.14. The molecule has 6 aromatic heterocycles. The Morgan fingerprint density at radius 1 is 0.529 bits per heavy atom. The number of fused-ring (bicyclic) bond motifs is 10. The van der Waals surface area contributed by atoms with Gasteiger partial charge in [0, 0.05) is 32.8 Å². The predicted octanol–water partition coefficient (Wildman–Crippen LogP) is 12.7. The Bertz CT molecular complexity index is 4840. The first-order valence-corrected chi connectivity index (χ1v) is 27.5. The van der Waals surface area contributed by atoms with Crippen molar-refractivity contribution in [2.24, 2.45) is 0 Å². The first-order chi connectivity index (χ1) is 42.3. The average molecular weight is 1180 g/mol. The number of ether oxygens (including phenoxy) is 8. The zero-order valence-electron chi connectivity index (χ0n) is 47.6. The number of esters is 3. The van der Waals surface area contributed by atoms with Crippen molar-refractivity contribution < 1.29 is 69.9 Å². The molecular weight excluding hydrogens is 1130 g/mol. The largest absolute Gasteiger partial charge is 0.497 e. The number of furan rings is 3. The van der Waals surface area contributed by atoms with Crippen LogP contribution in [0.4, 0.5) is 4.39 Å². The van der Waals surface area contributed by atoms with Crippen LogP contribution in [0.3, 0.4) is 0 Å². The molecule has 12 aromatic rings. The predicted molar refractivity (Wildman–Crippen MR) is 321 cm³/mol. The van der Waals surface area contributed by atoms with Crippen LogP contribution in [0.15, 0.2) is 161 Å². The van der Waals surface area contributed by atoms with Crippen molar-refractivity contribution in [2.45, 2.75) is 33.8 Å². The molecule has 0 radical (unpaired) electrons. The number of carbonyl (C=O) groups excluding carboxylic acids is 3. The van der Waals surface area contributed by atoms with Gasteiger partial charge >= 0.3 is 17.9 Å². The molecule has 1 aliphatic rings. The highest BCUT2D eigenvalue weighted by Gasteiger charge is 2.35. The van der Waals surface area contributed by atoms with Gasteiger partial charge in [-0.2, -0.15) is 0 Å². The lowest BCUT2D eigenvalue weighted by atomic mass is 9.95. The summed E-state index contributed by atoms with van der Waals surface area (Å²) in [6.07, 6.45) is -0.718. The van der Waals surface area contributed by atoms with Gasteiger partial charge in [0.2, 0.25) is 0 Å². The molecule has 1 aliphatic heterocycles. The molecule has 7 heterocycles. The molecule has 0 fully saturated rings. The van der Waals surface area contributed by atoms with Crippen LogP contribution in [0, 0.1) is 5.82 Å². The summed E-state index contributed by atoms with van der Waals surface area (Å²) in [4.78, 5) is 85.1. The summed E-state index contributed by atoms with van der Waals surface area (Å²) in [6.45, 7) is 7.61. The number of rotatable bonds is 13. The third-order valence-electron chi connectivity index (χ3n) is 14.2. The number of methoxy groups -OCH3 is 2. The van der Waals surface area contributed by atoms with Gasteiger partial charge in [-0.05, 0) is 106 Å². The van der Waals surface area contributed by atoms with Gasteiger partial charge in [0.25, 0.3) is 16.7 Å². The molecule has 20 nitrogen and oxygen atoms in total.